The molecule has 0 heterocycles. The maximum absolute atomic E-state index is 12.3. The van der Waals surface area contributed by atoms with Crippen LogP contribution in [0.2, 0.25) is 0 Å². The molecular weight excluding hydrogens is 364 g/mol. The predicted molar refractivity (Wildman–Crippen MR) is 104 cm³/mol. The second kappa shape index (κ2) is 9.50. The van der Waals surface area contributed by atoms with Crippen LogP contribution in [0.25, 0.3) is 0 Å². The summed E-state index contributed by atoms with van der Waals surface area (Å²) in [5, 5.41) is 5.19. The molecule has 8 heteroatoms. The van der Waals surface area contributed by atoms with Gasteiger partial charge in [-0.2, -0.15) is 0 Å². The van der Waals surface area contributed by atoms with Gasteiger partial charge in [0.15, 0.2) is 23.0 Å². The van der Waals surface area contributed by atoms with Crippen LogP contribution in [0.3, 0.4) is 0 Å². The van der Waals surface area contributed by atoms with E-state index in [-0.39, 0.29) is 0 Å². The van der Waals surface area contributed by atoms with E-state index < -0.39 is 17.9 Å². The Labute approximate surface area is 163 Å². The summed E-state index contributed by atoms with van der Waals surface area (Å²) in [4.78, 5) is 24.5. The van der Waals surface area contributed by atoms with Crippen LogP contribution < -0.4 is 29.6 Å². The van der Waals surface area contributed by atoms with Gasteiger partial charge >= 0.3 is 11.8 Å². The summed E-state index contributed by atoms with van der Waals surface area (Å²) in [6, 6.07) is 9.68. The number of methoxy groups -OCH3 is 4. The fraction of sp³-hybridized carbons (Fsp3) is 0.300. The largest absolute Gasteiger partial charge is 0.493 e. The molecule has 150 valence electrons. The summed E-state index contributed by atoms with van der Waals surface area (Å²) in [6.07, 6.45) is 0. The summed E-state index contributed by atoms with van der Waals surface area (Å²) in [6.45, 7) is 1.77. The molecule has 2 aromatic carbocycles. The number of amides is 2. The van der Waals surface area contributed by atoms with E-state index in [4.69, 9.17) is 18.9 Å². The van der Waals surface area contributed by atoms with Gasteiger partial charge in [-0.3, -0.25) is 9.59 Å². The second-order valence-electron chi connectivity index (χ2n) is 5.83. The average molecular weight is 388 g/mol. The fourth-order valence-electron chi connectivity index (χ4n) is 2.57. The molecule has 0 aliphatic heterocycles. The summed E-state index contributed by atoms with van der Waals surface area (Å²) in [5.41, 5.74) is 1.18. The Bertz CT molecular complexity index is 853. The molecule has 2 N–H and O–H groups in total. The molecule has 0 fully saturated rings. The highest BCUT2D eigenvalue weighted by molar-refractivity contribution is 6.39. The van der Waals surface area contributed by atoms with Crippen molar-refractivity contribution in [1.82, 2.24) is 5.32 Å². The summed E-state index contributed by atoms with van der Waals surface area (Å²) in [7, 11) is 6.07. The van der Waals surface area contributed by atoms with Gasteiger partial charge in [0.25, 0.3) is 0 Å². The van der Waals surface area contributed by atoms with Crippen molar-refractivity contribution in [1.29, 1.82) is 0 Å². The van der Waals surface area contributed by atoms with E-state index in [1.54, 1.807) is 50.4 Å². The number of anilines is 1. The molecule has 2 amide bonds. The van der Waals surface area contributed by atoms with Crippen LogP contribution in [0.4, 0.5) is 5.69 Å². The highest BCUT2D eigenvalue weighted by Crippen LogP contribution is 2.30. The van der Waals surface area contributed by atoms with Crippen molar-refractivity contribution in [3.63, 3.8) is 0 Å². The average Bonchev–Trinajstić information content (AvgIpc) is 2.72. The van der Waals surface area contributed by atoms with Crippen LogP contribution in [-0.4, -0.2) is 40.3 Å². The smallest absolute Gasteiger partial charge is 0.313 e. The molecule has 0 saturated carbocycles. The number of hydrogen-bond donors (Lipinski definition) is 2. The molecule has 1 atom stereocenters. The first-order valence-corrected chi connectivity index (χ1v) is 8.49. The number of nitrogens with one attached hydrogen (secondary N) is 2. The molecule has 0 aliphatic carbocycles. The molecule has 28 heavy (non-hydrogen) atoms. The first kappa shape index (κ1) is 20.9. The number of rotatable bonds is 7. The van der Waals surface area contributed by atoms with Gasteiger partial charge in [0.1, 0.15) is 0 Å². The third-order valence-electron chi connectivity index (χ3n) is 4.10. The SMILES string of the molecule is COc1ccc(NC(=O)C(=O)NC(C)c2ccc(OC)c(OC)c2)cc1OC. The van der Waals surface area contributed by atoms with Crippen molar-refractivity contribution in [2.24, 2.45) is 0 Å². The molecule has 2 aromatic rings. The van der Waals surface area contributed by atoms with E-state index in [0.29, 0.717) is 28.7 Å². The monoisotopic (exact) mass is 388 g/mol. The second-order valence-corrected chi connectivity index (χ2v) is 5.83. The van der Waals surface area contributed by atoms with E-state index in [1.165, 1.54) is 21.3 Å². The number of carbonyl (C=O) groups excluding carboxylic acids is 2. The van der Waals surface area contributed by atoms with Gasteiger partial charge in [0, 0.05) is 11.8 Å². The predicted octanol–water partition coefficient (Wildman–Crippen LogP) is 2.54. The van der Waals surface area contributed by atoms with Gasteiger partial charge < -0.3 is 29.6 Å². The van der Waals surface area contributed by atoms with E-state index in [2.05, 4.69) is 10.6 Å². The van der Waals surface area contributed by atoms with Crippen molar-refractivity contribution in [2.75, 3.05) is 33.8 Å². The molecule has 0 aromatic heterocycles. The zero-order valence-corrected chi connectivity index (χ0v) is 16.5. The highest BCUT2D eigenvalue weighted by Gasteiger charge is 2.19. The minimum Gasteiger partial charge on any atom is -0.493 e. The Morgan fingerprint density at radius 2 is 1.29 bits per heavy atom. The molecular formula is C20H24N2O6. The minimum atomic E-state index is -0.792. The molecule has 0 radical (unpaired) electrons. The Hall–Kier alpha value is -3.42. The van der Waals surface area contributed by atoms with Crippen molar-refractivity contribution < 1.29 is 28.5 Å². The normalized spacial score (nSPS) is 11.2. The first-order valence-electron chi connectivity index (χ1n) is 8.49. The van der Waals surface area contributed by atoms with Gasteiger partial charge in [-0.15, -0.1) is 0 Å². The molecule has 0 aliphatic rings. The third-order valence-corrected chi connectivity index (χ3v) is 4.10. The number of carbonyl (C=O) groups is 2. The van der Waals surface area contributed by atoms with Crippen LogP contribution >= 0.6 is 0 Å². The lowest BCUT2D eigenvalue weighted by molar-refractivity contribution is -0.136. The molecule has 2 rings (SSSR count). The number of ether oxygens (including phenoxy) is 4. The minimum absolute atomic E-state index is 0.413. The van der Waals surface area contributed by atoms with E-state index in [1.807, 2.05) is 0 Å². The quantitative estimate of drug-likeness (QED) is 0.708. The van der Waals surface area contributed by atoms with Crippen LogP contribution in [-0.2, 0) is 9.59 Å². The number of hydrogen-bond acceptors (Lipinski definition) is 6. The van der Waals surface area contributed by atoms with Crippen molar-refractivity contribution >= 4 is 17.5 Å². The lowest BCUT2D eigenvalue weighted by Gasteiger charge is -2.16. The Morgan fingerprint density at radius 1 is 0.750 bits per heavy atom. The number of benzene rings is 2. The zero-order valence-electron chi connectivity index (χ0n) is 16.5. The maximum atomic E-state index is 12.3. The molecule has 0 saturated heterocycles. The van der Waals surface area contributed by atoms with Crippen LogP contribution in [0.15, 0.2) is 36.4 Å². The lowest BCUT2D eigenvalue weighted by atomic mass is 10.1. The van der Waals surface area contributed by atoms with Crippen molar-refractivity contribution in [3.8, 4) is 23.0 Å². The van der Waals surface area contributed by atoms with Gasteiger partial charge in [-0.25, -0.2) is 0 Å². The van der Waals surface area contributed by atoms with Crippen LogP contribution in [0.1, 0.15) is 18.5 Å². The first-order chi connectivity index (χ1) is 13.4. The topological polar surface area (TPSA) is 95.1 Å². The van der Waals surface area contributed by atoms with Crippen LogP contribution in [0, 0.1) is 0 Å². The van der Waals surface area contributed by atoms with Crippen molar-refractivity contribution in [2.45, 2.75) is 13.0 Å². The molecule has 0 bridgehead atoms. The summed E-state index contributed by atoms with van der Waals surface area (Å²) in [5.74, 6) is 0.523. The van der Waals surface area contributed by atoms with E-state index in [0.717, 1.165) is 5.56 Å². The van der Waals surface area contributed by atoms with Crippen molar-refractivity contribution in [3.05, 3.63) is 42.0 Å². The molecule has 8 nitrogen and oxygen atoms in total. The Kier molecular flexibility index (Phi) is 7.08. The lowest BCUT2D eigenvalue weighted by Crippen LogP contribution is -2.36. The fourth-order valence-corrected chi connectivity index (χ4v) is 2.57. The van der Waals surface area contributed by atoms with E-state index in [9.17, 15) is 9.59 Å². The summed E-state index contributed by atoms with van der Waals surface area (Å²) >= 11 is 0. The highest BCUT2D eigenvalue weighted by atomic mass is 16.5. The third kappa shape index (κ3) is 4.85. The van der Waals surface area contributed by atoms with Crippen LogP contribution in [0.5, 0.6) is 23.0 Å². The Balaban J connectivity index is 2.05. The zero-order chi connectivity index (χ0) is 20.7. The Morgan fingerprint density at radius 3 is 1.86 bits per heavy atom. The summed E-state index contributed by atoms with van der Waals surface area (Å²) < 4.78 is 20.8. The maximum Gasteiger partial charge on any atom is 0.313 e. The van der Waals surface area contributed by atoms with Gasteiger partial charge in [-0.05, 0) is 36.8 Å². The van der Waals surface area contributed by atoms with Gasteiger partial charge in [0.05, 0.1) is 34.5 Å². The van der Waals surface area contributed by atoms with E-state index >= 15 is 0 Å². The standard InChI is InChI=1S/C20H24N2O6/c1-12(13-6-8-15(25-2)17(10-13)27-4)21-19(23)20(24)22-14-7-9-16(26-3)18(11-14)28-5/h6-12H,1-5H3,(H,21,23)(H,22,24). The van der Waals surface area contributed by atoms with Gasteiger partial charge in [-0.1, -0.05) is 6.07 Å². The molecule has 0 spiro atoms. The molecule has 1 unspecified atom stereocenters. The van der Waals surface area contributed by atoms with Gasteiger partial charge in [0.2, 0.25) is 0 Å².